The number of carbonyl (C=O) groups is 1. The lowest BCUT2D eigenvalue weighted by molar-refractivity contribution is -0.386. The maximum absolute atomic E-state index is 11.4. The maximum Gasteiger partial charge on any atom is 0.345 e. The highest BCUT2D eigenvalue weighted by Crippen LogP contribution is 2.36. The zero-order valence-electron chi connectivity index (χ0n) is 8.27. The van der Waals surface area contributed by atoms with Gasteiger partial charge in [0.1, 0.15) is 5.56 Å². The van der Waals surface area contributed by atoms with Crippen LogP contribution >= 0.6 is 15.9 Å². The molecule has 1 N–H and O–H groups in total. The molecule has 1 aromatic rings. The lowest BCUT2D eigenvalue weighted by Gasteiger charge is -2.05. The molecule has 0 heterocycles. The van der Waals surface area contributed by atoms with Gasteiger partial charge in [-0.3, -0.25) is 10.1 Å². The number of phenolic OH excluding ortho intramolecular Hbond substituents is 1. The molecule has 0 atom stereocenters. The number of halogens is 1. The van der Waals surface area contributed by atoms with E-state index in [4.69, 9.17) is 0 Å². The van der Waals surface area contributed by atoms with E-state index >= 15 is 0 Å². The van der Waals surface area contributed by atoms with Crippen molar-refractivity contribution in [3.63, 3.8) is 0 Å². The van der Waals surface area contributed by atoms with E-state index in [2.05, 4.69) is 20.7 Å². The third kappa shape index (κ3) is 2.30. The van der Waals surface area contributed by atoms with Crippen molar-refractivity contribution in [2.24, 2.45) is 0 Å². The minimum Gasteiger partial charge on any atom is -0.501 e. The molecule has 0 unspecified atom stereocenters. The molecule has 0 fully saturated rings. The van der Waals surface area contributed by atoms with Gasteiger partial charge in [-0.15, -0.1) is 0 Å². The number of aromatic hydroxyl groups is 1. The van der Waals surface area contributed by atoms with Crippen LogP contribution in [0.15, 0.2) is 16.6 Å². The first kappa shape index (κ1) is 12.4. The summed E-state index contributed by atoms with van der Waals surface area (Å²) in [5, 5.41) is 20.2. The first-order valence-corrected chi connectivity index (χ1v) is 5.11. The quantitative estimate of drug-likeness (QED) is 0.524. The summed E-state index contributed by atoms with van der Waals surface area (Å²) in [6.07, 6.45) is 0. The van der Waals surface area contributed by atoms with Crippen molar-refractivity contribution < 1.29 is 19.6 Å². The van der Waals surface area contributed by atoms with E-state index in [9.17, 15) is 20.0 Å². The summed E-state index contributed by atoms with van der Waals surface area (Å²) in [5.41, 5.74) is -0.930. The molecule has 6 nitrogen and oxygen atoms in total. The molecule has 0 bridgehead atoms. The summed E-state index contributed by atoms with van der Waals surface area (Å²) >= 11 is 2.93. The van der Waals surface area contributed by atoms with Gasteiger partial charge in [-0.05, 0) is 35.0 Å². The van der Waals surface area contributed by atoms with E-state index in [-0.39, 0.29) is 16.6 Å². The van der Waals surface area contributed by atoms with Crippen LogP contribution in [0.3, 0.4) is 0 Å². The molecular weight excluding hydrogens is 282 g/mol. The van der Waals surface area contributed by atoms with Crippen molar-refractivity contribution in [1.82, 2.24) is 0 Å². The van der Waals surface area contributed by atoms with Crippen LogP contribution in [0.1, 0.15) is 17.3 Å². The predicted molar refractivity (Wildman–Crippen MR) is 58.4 cm³/mol. The molecule has 16 heavy (non-hydrogen) atoms. The lowest BCUT2D eigenvalue weighted by Crippen LogP contribution is -2.08. The van der Waals surface area contributed by atoms with Crippen molar-refractivity contribution in [1.29, 1.82) is 0 Å². The Morgan fingerprint density at radius 2 is 2.25 bits per heavy atom. The van der Waals surface area contributed by atoms with Gasteiger partial charge < -0.3 is 9.84 Å². The monoisotopic (exact) mass is 289 g/mol. The van der Waals surface area contributed by atoms with E-state index in [1.54, 1.807) is 6.92 Å². The van der Waals surface area contributed by atoms with Gasteiger partial charge in [0.15, 0.2) is 0 Å². The van der Waals surface area contributed by atoms with Gasteiger partial charge in [-0.1, -0.05) is 0 Å². The molecule has 0 amide bonds. The first-order valence-electron chi connectivity index (χ1n) is 4.32. The first-order chi connectivity index (χ1) is 7.49. The Hall–Kier alpha value is -1.63. The fraction of sp³-hybridized carbons (Fsp3) is 0.222. The second-order valence-corrected chi connectivity index (χ2v) is 3.62. The van der Waals surface area contributed by atoms with Crippen molar-refractivity contribution >= 4 is 27.6 Å². The van der Waals surface area contributed by atoms with Gasteiger partial charge in [0.2, 0.25) is 5.75 Å². The van der Waals surface area contributed by atoms with Crippen LogP contribution in [0.5, 0.6) is 5.75 Å². The smallest absolute Gasteiger partial charge is 0.345 e. The van der Waals surface area contributed by atoms with Gasteiger partial charge in [0.05, 0.1) is 16.0 Å². The molecule has 1 aromatic carbocycles. The van der Waals surface area contributed by atoms with Crippen molar-refractivity contribution in [3.05, 3.63) is 32.3 Å². The number of phenols is 1. The number of esters is 1. The topological polar surface area (TPSA) is 89.7 Å². The van der Waals surface area contributed by atoms with Gasteiger partial charge in [0.25, 0.3) is 0 Å². The summed E-state index contributed by atoms with van der Waals surface area (Å²) in [4.78, 5) is 21.3. The number of rotatable bonds is 3. The van der Waals surface area contributed by atoms with Crippen LogP contribution in [0.25, 0.3) is 0 Å². The maximum atomic E-state index is 11.4. The molecule has 0 spiro atoms. The SMILES string of the molecule is CCOC(=O)c1ccc(Br)c(O)c1[N+](=O)[O-]. The van der Waals surface area contributed by atoms with Crippen LogP contribution in [-0.2, 0) is 4.74 Å². The van der Waals surface area contributed by atoms with Gasteiger partial charge >= 0.3 is 11.7 Å². The Morgan fingerprint density at radius 1 is 1.62 bits per heavy atom. The molecule has 0 radical (unpaired) electrons. The number of ether oxygens (including phenoxy) is 1. The fourth-order valence-electron chi connectivity index (χ4n) is 1.11. The second kappa shape index (κ2) is 4.93. The number of hydrogen-bond donors (Lipinski definition) is 1. The normalized spacial score (nSPS) is 9.88. The number of nitro benzene ring substituents is 1. The molecule has 1 rings (SSSR count). The Bertz CT molecular complexity index is 446. The summed E-state index contributed by atoms with van der Waals surface area (Å²) in [7, 11) is 0. The Labute approximate surface area is 99.1 Å². The van der Waals surface area contributed by atoms with Crippen LogP contribution in [0.4, 0.5) is 5.69 Å². The summed E-state index contributed by atoms with van der Waals surface area (Å²) < 4.78 is 4.79. The summed E-state index contributed by atoms with van der Waals surface area (Å²) in [6, 6.07) is 2.56. The molecule has 0 aromatic heterocycles. The second-order valence-electron chi connectivity index (χ2n) is 2.77. The van der Waals surface area contributed by atoms with Crippen molar-refractivity contribution in [2.45, 2.75) is 6.92 Å². The number of nitro groups is 1. The van der Waals surface area contributed by atoms with Crippen LogP contribution in [0, 0.1) is 10.1 Å². The predicted octanol–water partition coefficient (Wildman–Crippen LogP) is 2.24. The molecule has 0 aliphatic rings. The third-order valence-electron chi connectivity index (χ3n) is 1.78. The number of nitrogens with zero attached hydrogens (tertiary/aromatic N) is 1. The van der Waals surface area contributed by atoms with E-state index in [0.29, 0.717) is 0 Å². The Kier molecular flexibility index (Phi) is 3.83. The third-order valence-corrected chi connectivity index (χ3v) is 2.42. The van der Waals surface area contributed by atoms with Crippen molar-refractivity contribution in [3.8, 4) is 5.75 Å². The molecule has 7 heteroatoms. The van der Waals surface area contributed by atoms with Crippen LogP contribution in [-0.4, -0.2) is 22.6 Å². The zero-order chi connectivity index (χ0) is 12.3. The highest BCUT2D eigenvalue weighted by molar-refractivity contribution is 9.10. The summed E-state index contributed by atoms with van der Waals surface area (Å²) in [6.45, 7) is 1.69. The van der Waals surface area contributed by atoms with E-state index < -0.39 is 22.3 Å². The molecule has 0 aliphatic heterocycles. The lowest BCUT2D eigenvalue weighted by atomic mass is 10.1. The molecular formula is C9H8BrNO5. The molecule has 0 saturated carbocycles. The van der Waals surface area contributed by atoms with Gasteiger partial charge in [-0.25, -0.2) is 4.79 Å². The number of hydrogen-bond acceptors (Lipinski definition) is 5. The van der Waals surface area contributed by atoms with E-state index in [0.717, 1.165) is 0 Å². The highest BCUT2D eigenvalue weighted by Gasteiger charge is 2.27. The molecule has 0 saturated heterocycles. The van der Waals surface area contributed by atoms with Gasteiger partial charge in [-0.2, -0.15) is 0 Å². The summed E-state index contributed by atoms with van der Waals surface area (Å²) in [5.74, 6) is -1.42. The zero-order valence-corrected chi connectivity index (χ0v) is 9.85. The van der Waals surface area contributed by atoms with Crippen LogP contribution in [0.2, 0.25) is 0 Å². The van der Waals surface area contributed by atoms with E-state index in [1.165, 1.54) is 12.1 Å². The van der Waals surface area contributed by atoms with E-state index in [1.807, 2.05) is 0 Å². The number of benzene rings is 1. The number of carbonyl (C=O) groups excluding carboxylic acids is 1. The minimum atomic E-state index is -0.836. The van der Waals surface area contributed by atoms with Crippen molar-refractivity contribution in [2.75, 3.05) is 6.61 Å². The minimum absolute atomic E-state index is 0.104. The average molecular weight is 290 g/mol. The average Bonchev–Trinajstić information content (AvgIpc) is 2.21. The highest BCUT2D eigenvalue weighted by atomic mass is 79.9. The largest absolute Gasteiger partial charge is 0.501 e. The Balaban J connectivity index is 3.34. The van der Waals surface area contributed by atoms with Gasteiger partial charge in [0, 0.05) is 0 Å². The molecule has 0 aliphatic carbocycles. The standard InChI is InChI=1S/C9H8BrNO5/c1-2-16-9(13)5-3-4-6(10)8(12)7(5)11(14)15/h3-4,12H,2H2,1H3. The Morgan fingerprint density at radius 3 is 2.75 bits per heavy atom. The molecule has 86 valence electrons. The fourth-order valence-corrected chi connectivity index (χ4v) is 1.43. The van der Waals surface area contributed by atoms with Crippen LogP contribution < -0.4 is 0 Å².